The summed E-state index contributed by atoms with van der Waals surface area (Å²) in [5.74, 6) is 2.97. The molecule has 2 rings (SSSR count). The lowest BCUT2D eigenvalue weighted by atomic mass is 9.74. The Balaban J connectivity index is 1.74. The second kappa shape index (κ2) is 3.14. The quantitative estimate of drug-likeness (QED) is 0.658. The normalized spacial score (nSPS) is 28.1. The van der Waals surface area contributed by atoms with E-state index >= 15 is 0 Å². The van der Waals surface area contributed by atoms with Crippen LogP contribution in [-0.2, 0) is 0 Å². The first-order valence-electron chi connectivity index (χ1n) is 5.10. The lowest BCUT2D eigenvalue weighted by Crippen LogP contribution is -2.28. The van der Waals surface area contributed by atoms with E-state index in [1.165, 1.54) is 38.5 Å². The van der Waals surface area contributed by atoms with Gasteiger partial charge in [0.2, 0.25) is 0 Å². The van der Waals surface area contributed by atoms with E-state index in [9.17, 15) is 0 Å². The van der Waals surface area contributed by atoms with Crippen LogP contribution in [0.25, 0.3) is 0 Å². The molecule has 0 heterocycles. The van der Waals surface area contributed by atoms with Gasteiger partial charge in [-0.25, -0.2) is 0 Å². The fraction of sp³-hybridized carbons (Fsp3) is 1.00. The standard InChI is InChI=1S/C10H19N/c11-7-10(6-8-4-5-8)9-2-1-3-9/h8-10H,1-7,11H2. The molecule has 0 amide bonds. The third-order valence-corrected chi connectivity index (χ3v) is 3.45. The maximum Gasteiger partial charge on any atom is -0.00461 e. The van der Waals surface area contributed by atoms with E-state index in [1.807, 2.05) is 0 Å². The van der Waals surface area contributed by atoms with Gasteiger partial charge >= 0.3 is 0 Å². The Morgan fingerprint density at radius 2 is 1.91 bits per heavy atom. The van der Waals surface area contributed by atoms with Crippen LogP contribution in [0.4, 0.5) is 0 Å². The van der Waals surface area contributed by atoms with Crippen molar-refractivity contribution in [3.05, 3.63) is 0 Å². The summed E-state index contributed by atoms with van der Waals surface area (Å²) in [5.41, 5.74) is 5.76. The summed E-state index contributed by atoms with van der Waals surface area (Å²) in [6, 6.07) is 0. The molecule has 0 aliphatic heterocycles. The van der Waals surface area contributed by atoms with E-state index < -0.39 is 0 Å². The molecule has 2 fully saturated rings. The van der Waals surface area contributed by atoms with Crippen LogP contribution in [0.3, 0.4) is 0 Å². The molecule has 2 aliphatic carbocycles. The van der Waals surface area contributed by atoms with Gasteiger partial charge in [-0.15, -0.1) is 0 Å². The second-order valence-electron chi connectivity index (χ2n) is 4.37. The van der Waals surface area contributed by atoms with Gasteiger partial charge in [0, 0.05) is 0 Å². The smallest absolute Gasteiger partial charge is 0.00461 e. The van der Waals surface area contributed by atoms with Crippen molar-refractivity contribution in [3.63, 3.8) is 0 Å². The van der Waals surface area contributed by atoms with Crippen LogP contribution in [-0.4, -0.2) is 6.54 Å². The van der Waals surface area contributed by atoms with Crippen molar-refractivity contribution < 1.29 is 0 Å². The van der Waals surface area contributed by atoms with Crippen LogP contribution in [0, 0.1) is 17.8 Å². The van der Waals surface area contributed by atoms with Crippen molar-refractivity contribution in [1.29, 1.82) is 0 Å². The Hall–Kier alpha value is -0.0400. The molecule has 0 spiro atoms. The highest BCUT2D eigenvalue weighted by molar-refractivity contribution is 4.84. The molecule has 0 saturated heterocycles. The van der Waals surface area contributed by atoms with Gasteiger partial charge < -0.3 is 5.73 Å². The fourth-order valence-corrected chi connectivity index (χ4v) is 2.17. The van der Waals surface area contributed by atoms with Crippen LogP contribution in [0.5, 0.6) is 0 Å². The van der Waals surface area contributed by atoms with Gasteiger partial charge in [0.05, 0.1) is 0 Å². The maximum atomic E-state index is 5.76. The summed E-state index contributed by atoms with van der Waals surface area (Å²) < 4.78 is 0. The third kappa shape index (κ3) is 1.76. The predicted molar refractivity (Wildman–Crippen MR) is 47.2 cm³/mol. The van der Waals surface area contributed by atoms with Crippen molar-refractivity contribution >= 4 is 0 Å². The van der Waals surface area contributed by atoms with E-state index in [4.69, 9.17) is 5.73 Å². The molecule has 0 bridgehead atoms. The molecule has 2 saturated carbocycles. The van der Waals surface area contributed by atoms with E-state index in [-0.39, 0.29) is 0 Å². The average molecular weight is 153 g/mol. The van der Waals surface area contributed by atoms with E-state index in [0.29, 0.717) is 0 Å². The van der Waals surface area contributed by atoms with Gasteiger partial charge in [-0.05, 0) is 30.7 Å². The zero-order chi connectivity index (χ0) is 7.68. The van der Waals surface area contributed by atoms with Crippen LogP contribution in [0.15, 0.2) is 0 Å². The highest BCUT2D eigenvalue weighted by Gasteiger charge is 2.31. The minimum absolute atomic E-state index is 0.885. The van der Waals surface area contributed by atoms with E-state index in [1.54, 1.807) is 0 Å². The molecule has 0 aromatic rings. The molecule has 1 unspecified atom stereocenters. The van der Waals surface area contributed by atoms with Gasteiger partial charge in [0.25, 0.3) is 0 Å². The number of rotatable bonds is 4. The molecule has 1 nitrogen and oxygen atoms in total. The first kappa shape index (κ1) is 7.60. The van der Waals surface area contributed by atoms with Gasteiger partial charge in [-0.1, -0.05) is 32.1 Å². The Morgan fingerprint density at radius 3 is 2.27 bits per heavy atom. The molecule has 2 N–H and O–H groups in total. The first-order valence-corrected chi connectivity index (χ1v) is 5.10. The van der Waals surface area contributed by atoms with Crippen molar-refractivity contribution in [3.8, 4) is 0 Å². The zero-order valence-electron chi connectivity index (χ0n) is 7.26. The van der Waals surface area contributed by atoms with Gasteiger partial charge in [0.1, 0.15) is 0 Å². The van der Waals surface area contributed by atoms with E-state index in [2.05, 4.69) is 0 Å². The molecular formula is C10H19N. The van der Waals surface area contributed by atoms with Crippen LogP contribution in [0.2, 0.25) is 0 Å². The summed E-state index contributed by atoms with van der Waals surface area (Å²) >= 11 is 0. The Labute approximate surface area is 69.4 Å². The largest absolute Gasteiger partial charge is 0.330 e. The molecule has 2 aliphatic rings. The third-order valence-electron chi connectivity index (χ3n) is 3.45. The predicted octanol–water partition coefficient (Wildman–Crippen LogP) is 2.16. The van der Waals surface area contributed by atoms with Crippen LogP contribution >= 0.6 is 0 Å². The number of hydrogen-bond acceptors (Lipinski definition) is 1. The summed E-state index contributed by atoms with van der Waals surface area (Å²) in [4.78, 5) is 0. The molecule has 0 radical (unpaired) electrons. The van der Waals surface area contributed by atoms with E-state index in [0.717, 1.165) is 24.3 Å². The molecule has 0 aromatic heterocycles. The summed E-state index contributed by atoms with van der Waals surface area (Å²) in [5, 5.41) is 0. The first-order chi connectivity index (χ1) is 5.40. The lowest BCUT2D eigenvalue weighted by Gasteiger charge is -2.33. The SMILES string of the molecule is NCC(CC1CC1)C1CCC1. The van der Waals surface area contributed by atoms with Gasteiger partial charge in [0.15, 0.2) is 0 Å². The number of hydrogen-bond donors (Lipinski definition) is 1. The summed E-state index contributed by atoms with van der Waals surface area (Å²) in [7, 11) is 0. The lowest BCUT2D eigenvalue weighted by molar-refractivity contribution is 0.194. The average Bonchev–Trinajstić information content (AvgIpc) is 2.66. The summed E-state index contributed by atoms with van der Waals surface area (Å²) in [6.45, 7) is 0.946. The molecule has 1 atom stereocenters. The van der Waals surface area contributed by atoms with Crippen molar-refractivity contribution in [2.45, 2.75) is 38.5 Å². The van der Waals surface area contributed by atoms with Crippen molar-refractivity contribution in [2.24, 2.45) is 23.5 Å². The van der Waals surface area contributed by atoms with Gasteiger partial charge in [-0.3, -0.25) is 0 Å². The van der Waals surface area contributed by atoms with Crippen molar-refractivity contribution in [1.82, 2.24) is 0 Å². The number of nitrogens with two attached hydrogens (primary N) is 1. The molecule has 1 heteroatoms. The minimum atomic E-state index is 0.885. The zero-order valence-corrected chi connectivity index (χ0v) is 7.26. The molecule has 0 aromatic carbocycles. The van der Waals surface area contributed by atoms with Gasteiger partial charge in [-0.2, -0.15) is 0 Å². The fourth-order valence-electron chi connectivity index (χ4n) is 2.17. The van der Waals surface area contributed by atoms with Crippen LogP contribution in [0.1, 0.15) is 38.5 Å². The Kier molecular flexibility index (Phi) is 2.17. The highest BCUT2D eigenvalue weighted by Crippen LogP contribution is 2.42. The topological polar surface area (TPSA) is 26.0 Å². The summed E-state index contributed by atoms with van der Waals surface area (Å²) in [6.07, 6.45) is 8.82. The Bertz CT molecular complexity index is 125. The maximum absolute atomic E-state index is 5.76. The molecule has 64 valence electrons. The minimum Gasteiger partial charge on any atom is -0.330 e. The highest BCUT2D eigenvalue weighted by atomic mass is 14.6. The Morgan fingerprint density at radius 1 is 1.18 bits per heavy atom. The van der Waals surface area contributed by atoms with Crippen molar-refractivity contribution in [2.75, 3.05) is 6.54 Å². The second-order valence-corrected chi connectivity index (χ2v) is 4.37. The molecular weight excluding hydrogens is 134 g/mol. The molecule has 11 heavy (non-hydrogen) atoms. The monoisotopic (exact) mass is 153 g/mol. The van der Waals surface area contributed by atoms with Crippen LogP contribution < -0.4 is 5.73 Å².